The van der Waals surface area contributed by atoms with E-state index in [1.165, 1.54) is 12.3 Å². The van der Waals surface area contributed by atoms with Crippen molar-refractivity contribution >= 4 is 11.9 Å². The maximum atomic E-state index is 12.1. The molecule has 0 spiro atoms. The Morgan fingerprint density at radius 2 is 2.00 bits per heavy atom. The largest absolute Gasteiger partial charge is 0.481 e. The number of rotatable bonds is 5. The molecule has 0 unspecified atom stereocenters. The van der Waals surface area contributed by atoms with Gasteiger partial charge in [-0.15, -0.1) is 0 Å². The number of aryl methyl sites for hydroxylation is 1. The molecular weight excluding hydrogens is 270 g/mol. The van der Waals surface area contributed by atoms with Gasteiger partial charge in [-0.3, -0.25) is 9.59 Å². The average Bonchev–Trinajstić information content (AvgIpc) is 2.94. The summed E-state index contributed by atoms with van der Waals surface area (Å²) in [6.45, 7) is 3.86. The standard InChI is InChI=1S/C16H17NO4/c1-10-5-3-6-12(11(10)2)13(9-15(18)19)17-16(20)14-7-4-8-21-14/h3-8,13H,9H2,1-2H3,(H,17,20)(H,18,19)/t13-/m1/s1. The number of carboxylic acid groups (broad SMARTS) is 1. The van der Waals surface area contributed by atoms with Crippen molar-refractivity contribution in [3.63, 3.8) is 0 Å². The SMILES string of the molecule is Cc1cccc([C@@H](CC(=O)O)NC(=O)c2ccco2)c1C. The smallest absolute Gasteiger partial charge is 0.305 e. The second kappa shape index (κ2) is 6.26. The highest BCUT2D eigenvalue weighted by Crippen LogP contribution is 2.23. The van der Waals surface area contributed by atoms with Gasteiger partial charge in [-0.1, -0.05) is 18.2 Å². The molecule has 0 fully saturated rings. The van der Waals surface area contributed by atoms with Crippen LogP contribution in [0.2, 0.25) is 0 Å². The van der Waals surface area contributed by atoms with Gasteiger partial charge in [0.15, 0.2) is 5.76 Å². The summed E-state index contributed by atoms with van der Waals surface area (Å²) >= 11 is 0. The fraction of sp³-hybridized carbons (Fsp3) is 0.250. The third-order valence-electron chi connectivity index (χ3n) is 3.45. The van der Waals surface area contributed by atoms with Gasteiger partial charge < -0.3 is 14.8 Å². The Morgan fingerprint density at radius 3 is 2.62 bits per heavy atom. The Morgan fingerprint density at radius 1 is 1.24 bits per heavy atom. The lowest BCUT2D eigenvalue weighted by atomic mass is 9.95. The van der Waals surface area contributed by atoms with Crippen molar-refractivity contribution in [3.05, 3.63) is 59.0 Å². The van der Waals surface area contributed by atoms with Crippen LogP contribution in [-0.4, -0.2) is 17.0 Å². The zero-order valence-corrected chi connectivity index (χ0v) is 11.9. The predicted molar refractivity (Wildman–Crippen MR) is 77.1 cm³/mol. The molecule has 1 atom stereocenters. The van der Waals surface area contributed by atoms with Crippen LogP contribution in [0.1, 0.15) is 39.7 Å². The number of carboxylic acids is 1. The zero-order valence-electron chi connectivity index (χ0n) is 11.9. The Bertz CT molecular complexity index is 646. The Kier molecular flexibility index (Phi) is 4.42. The third kappa shape index (κ3) is 3.51. The fourth-order valence-electron chi connectivity index (χ4n) is 2.20. The summed E-state index contributed by atoms with van der Waals surface area (Å²) in [5.41, 5.74) is 2.83. The van der Waals surface area contributed by atoms with E-state index >= 15 is 0 Å². The van der Waals surface area contributed by atoms with Crippen LogP contribution in [0.25, 0.3) is 0 Å². The highest BCUT2D eigenvalue weighted by Gasteiger charge is 2.21. The van der Waals surface area contributed by atoms with Gasteiger partial charge in [-0.25, -0.2) is 0 Å². The molecule has 21 heavy (non-hydrogen) atoms. The van der Waals surface area contributed by atoms with E-state index in [4.69, 9.17) is 9.52 Å². The molecule has 0 bridgehead atoms. The number of carbonyl (C=O) groups excluding carboxylic acids is 1. The first kappa shape index (κ1) is 14.8. The van der Waals surface area contributed by atoms with Crippen LogP contribution < -0.4 is 5.32 Å². The lowest BCUT2D eigenvalue weighted by Gasteiger charge is -2.20. The number of aliphatic carboxylic acids is 1. The van der Waals surface area contributed by atoms with Gasteiger partial charge in [0.2, 0.25) is 0 Å². The average molecular weight is 287 g/mol. The molecule has 0 radical (unpaired) electrons. The molecule has 0 aliphatic heterocycles. The van der Waals surface area contributed by atoms with Crippen LogP contribution >= 0.6 is 0 Å². The quantitative estimate of drug-likeness (QED) is 0.886. The number of nitrogens with one attached hydrogen (secondary N) is 1. The van der Waals surface area contributed by atoms with E-state index in [1.807, 2.05) is 32.0 Å². The van der Waals surface area contributed by atoms with Gasteiger partial charge in [0.25, 0.3) is 5.91 Å². The number of hydrogen-bond donors (Lipinski definition) is 2. The molecule has 1 aromatic heterocycles. The van der Waals surface area contributed by atoms with Crippen LogP contribution in [0.4, 0.5) is 0 Å². The number of carbonyl (C=O) groups is 2. The van der Waals surface area contributed by atoms with Crippen molar-refractivity contribution < 1.29 is 19.1 Å². The van der Waals surface area contributed by atoms with Gasteiger partial charge in [0.05, 0.1) is 18.7 Å². The molecule has 2 aromatic rings. The van der Waals surface area contributed by atoms with Gasteiger partial charge in [0.1, 0.15) is 0 Å². The summed E-state index contributed by atoms with van der Waals surface area (Å²) in [5.74, 6) is -1.23. The maximum absolute atomic E-state index is 12.1. The van der Waals surface area contributed by atoms with E-state index in [-0.39, 0.29) is 12.2 Å². The fourth-order valence-corrected chi connectivity index (χ4v) is 2.20. The summed E-state index contributed by atoms with van der Waals surface area (Å²) in [5, 5.41) is 11.8. The van der Waals surface area contributed by atoms with Crippen molar-refractivity contribution in [2.45, 2.75) is 26.3 Å². The normalized spacial score (nSPS) is 11.9. The number of furan rings is 1. The lowest BCUT2D eigenvalue weighted by Crippen LogP contribution is -2.30. The van der Waals surface area contributed by atoms with Gasteiger partial charge >= 0.3 is 5.97 Å². The minimum atomic E-state index is -0.972. The maximum Gasteiger partial charge on any atom is 0.305 e. The second-order valence-electron chi connectivity index (χ2n) is 4.89. The highest BCUT2D eigenvalue weighted by molar-refractivity contribution is 5.92. The molecule has 110 valence electrons. The van der Waals surface area contributed by atoms with Crippen LogP contribution in [0.5, 0.6) is 0 Å². The number of benzene rings is 1. The molecular formula is C16H17NO4. The minimum Gasteiger partial charge on any atom is -0.481 e. The Balaban J connectivity index is 2.28. The molecule has 0 aliphatic carbocycles. The van der Waals surface area contributed by atoms with Gasteiger partial charge in [-0.2, -0.15) is 0 Å². The number of amides is 1. The molecule has 2 N–H and O–H groups in total. The molecule has 5 heteroatoms. The third-order valence-corrected chi connectivity index (χ3v) is 3.45. The summed E-state index contributed by atoms with van der Waals surface area (Å²) in [6, 6.07) is 8.18. The predicted octanol–water partition coefficient (Wildman–Crippen LogP) is 2.84. The summed E-state index contributed by atoms with van der Waals surface area (Å²) in [4.78, 5) is 23.1. The molecule has 1 aromatic carbocycles. The first-order valence-electron chi connectivity index (χ1n) is 6.61. The van der Waals surface area contributed by atoms with Crippen molar-refractivity contribution in [2.24, 2.45) is 0 Å². The van der Waals surface area contributed by atoms with Gasteiger partial charge in [0, 0.05) is 0 Å². The van der Waals surface area contributed by atoms with Crippen molar-refractivity contribution in [2.75, 3.05) is 0 Å². The van der Waals surface area contributed by atoms with E-state index < -0.39 is 17.9 Å². The van der Waals surface area contributed by atoms with E-state index in [9.17, 15) is 9.59 Å². The first-order chi connectivity index (χ1) is 9.99. The van der Waals surface area contributed by atoms with Crippen LogP contribution in [0.15, 0.2) is 41.0 Å². The number of hydrogen-bond acceptors (Lipinski definition) is 3. The summed E-state index contributed by atoms with van der Waals surface area (Å²) < 4.78 is 5.03. The van der Waals surface area contributed by atoms with Crippen molar-refractivity contribution in [3.8, 4) is 0 Å². The van der Waals surface area contributed by atoms with E-state index in [1.54, 1.807) is 6.07 Å². The lowest BCUT2D eigenvalue weighted by molar-refractivity contribution is -0.137. The second-order valence-corrected chi connectivity index (χ2v) is 4.89. The van der Waals surface area contributed by atoms with Crippen LogP contribution in [0.3, 0.4) is 0 Å². The summed E-state index contributed by atoms with van der Waals surface area (Å²) in [6.07, 6.45) is 1.22. The molecule has 0 saturated heterocycles. The summed E-state index contributed by atoms with van der Waals surface area (Å²) in [7, 11) is 0. The zero-order chi connectivity index (χ0) is 15.4. The van der Waals surface area contributed by atoms with Crippen molar-refractivity contribution in [1.29, 1.82) is 0 Å². The van der Waals surface area contributed by atoms with Crippen LogP contribution in [0, 0.1) is 13.8 Å². The van der Waals surface area contributed by atoms with Gasteiger partial charge in [-0.05, 0) is 42.7 Å². The molecule has 0 aliphatic rings. The highest BCUT2D eigenvalue weighted by atomic mass is 16.4. The van der Waals surface area contributed by atoms with Crippen LogP contribution in [-0.2, 0) is 4.79 Å². The Labute approximate surface area is 122 Å². The molecule has 2 rings (SSSR count). The molecule has 1 heterocycles. The van der Waals surface area contributed by atoms with E-state index in [0.717, 1.165) is 16.7 Å². The minimum absolute atomic E-state index is 0.163. The molecule has 5 nitrogen and oxygen atoms in total. The topological polar surface area (TPSA) is 79.5 Å². The van der Waals surface area contributed by atoms with E-state index in [0.29, 0.717) is 0 Å². The molecule has 1 amide bonds. The monoisotopic (exact) mass is 287 g/mol. The Hall–Kier alpha value is -2.56. The first-order valence-corrected chi connectivity index (χ1v) is 6.61. The van der Waals surface area contributed by atoms with Crippen molar-refractivity contribution in [1.82, 2.24) is 5.32 Å². The van der Waals surface area contributed by atoms with E-state index in [2.05, 4.69) is 5.32 Å². The molecule has 0 saturated carbocycles.